The standard InChI is InChI=1S/C11H10ClN5/c1-17-7-9(15-16-17)6-14-11-3-2-8(5-13)4-10(11)12/h2-4,7,14H,6H2,1H3. The van der Waals surface area contributed by atoms with Gasteiger partial charge in [-0.25, -0.2) is 0 Å². The summed E-state index contributed by atoms with van der Waals surface area (Å²) in [7, 11) is 1.81. The summed E-state index contributed by atoms with van der Waals surface area (Å²) < 4.78 is 1.64. The molecule has 0 aliphatic rings. The minimum absolute atomic E-state index is 0.521. The molecular weight excluding hydrogens is 238 g/mol. The molecule has 1 aromatic heterocycles. The first-order chi connectivity index (χ1) is 8.19. The van der Waals surface area contributed by atoms with Crippen molar-refractivity contribution in [1.29, 1.82) is 5.26 Å². The Balaban J connectivity index is 2.07. The van der Waals surface area contributed by atoms with Crippen molar-refractivity contribution in [2.45, 2.75) is 6.54 Å². The summed E-state index contributed by atoms with van der Waals surface area (Å²) >= 11 is 6.02. The highest BCUT2D eigenvalue weighted by Gasteiger charge is 2.03. The SMILES string of the molecule is Cn1cc(CNc2ccc(C#N)cc2Cl)nn1. The van der Waals surface area contributed by atoms with Crippen molar-refractivity contribution in [2.24, 2.45) is 7.05 Å². The summed E-state index contributed by atoms with van der Waals surface area (Å²) in [6, 6.07) is 7.15. The van der Waals surface area contributed by atoms with E-state index in [9.17, 15) is 0 Å². The van der Waals surface area contributed by atoms with Crippen molar-refractivity contribution in [3.05, 3.63) is 40.7 Å². The molecule has 0 unspecified atom stereocenters. The molecule has 1 N–H and O–H groups in total. The van der Waals surface area contributed by atoms with Crippen LogP contribution >= 0.6 is 11.6 Å². The number of rotatable bonds is 3. The largest absolute Gasteiger partial charge is 0.378 e. The Morgan fingerprint density at radius 2 is 2.35 bits per heavy atom. The van der Waals surface area contributed by atoms with E-state index >= 15 is 0 Å². The fraction of sp³-hybridized carbons (Fsp3) is 0.182. The Labute approximate surface area is 104 Å². The van der Waals surface area contributed by atoms with Gasteiger partial charge in [-0.05, 0) is 18.2 Å². The van der Waals surface area contributed by atoms with E-state index in [0.717, 1.165) is 11.4 Å². The molecule has 17 heavy (non-hydrogen) atoms. The van der Waals surface area contributed by atoms with Crippen molar-refractivity contribution >= 4 is 17.3 Å². The lowest BCUT2D eigenvalue weighted by Gasteiger charge is -2.06. The van der Waals surface area contributed by atoms with Gasteiger partial charge < -0.3 is 5.32 Å². The molecule has 0 aliphatic carbocycles. The van der Waals surface area contributed by atoms with Crippen LogP contribution in [0, 0.1) is 11.3 Å². The number of aromatic nitrogens is 3. The van der Waals surface area contributed by atoms with Crippen LogP contribution in [0.4, 0.5) is 5.69 Å². The zero-order valence-corrected chi connectivity index (χ0v) is 9.94. The van der Waals surface area contributed by atoms with Crippen molar-refractivity contribution in [2.75, 3.05) is 5.32 Å². The Morgan fingerprint density at radius 1 is 1.53 bits per heavy atom. The number of anilines is 1. The summed E-state index contributed by atoms with van der Waals surface area (Å²) in [5.74, 6) is 0. The predicted molar refractivity (Wildman–Crippen MR) is 64.5 cm³/mol. The van der Waals surface area contributed by atoms with E-state index in [0.29, 0.717) is 17.1 Å². The Kier molecular flexibility index (Phi) is 3.26. The molecule has 86 valence electrons. The van der Waals surface area contributed by atoms with Gasteiger partial charge in [0.15, 0.2) is 0 Å². The average Bonchev–Trinajstić information content (AvgIpc) is 2.73. The van der Waals surface area contributed by atoms with Gasteiger partial charge in [-0.2, -0.15) is 5.26 Å². The lowest BCUT2D eigenvalue weighted by Crippen LogP contribution is -2.00. The van der Waals surface area contributed by atoms with Crippen molar-refractivity contribution in [3.8, 4) is 6.07 Å². The van der Waals surface area contributed by atoms with E-state index in [-0.39, 0.29) is 0 Å². The maximum absolute atomic E-state index is 8.71. The number of nitrogens with zero attached hydrogens (tertiary/aromatic N) is 4. The van der Waals surface area contributed by atoms with Crippen LogP contribution < -0.4 is 5.32 Å². The minimum Gasteiger partial charge on any atom is -0.378 e. The van der Waals surface area contributed by atoms with E-state index in [2.05, 4.69) is 15.6 Å². The molecule has 0 bridgehead atoms. The minimum atomic E-state index is 0.521. The number of halogens is 1. The molecule has 1 heterocycles. The first-order valence-electron chi connectivity index (χ1n) is 4.98. The third kappa shape index (κ3) is 2.74. The average molecular weight is 248 g/mol. The van der Waals surface area contributed by atoms with Crippen molar-refractivity contribution in [1.82, 2.24) is 15.0 Å². The number of hydrogen-bond acceptors (Lipinski definition) is 4. The fourth-order valence-electron chi connectivity index (χ4n) is 1.39. The second-order valence-corrected chi connectivity index (χ2v) is 3.95. The zero-order chi connectivity index (χ0) is 12.3. The molecule has 1 aromatic carbocycles. The highest BCUT2D eigenvalue weighted by Crippen LogP contribution is 2.23. The van der Waals surface area contributed by atoms with Crippen LogP contribution in [0.25, 0.3) is 0 Å². The highest BCUT2D eigenvalue weighted by atomic mass is 35.5. The maximum atomic E-state index is 8.71. The maximum Gasteiger partial charge on any atom is 0.102 e. The van der Waals surface area contributed by atoms with Gasteiger partial charge in [0.2, 0.25) is 0 Å². The second-order valence-electron chi connectivity index (χ2n) is 3.54. The van der Waals surface area contributed by atoms with Crippen LogP contribution in [-0.4, -0.2) is 15.0 Å². The molecule has 0 amide bonds. The molecule has 0 saturated heterocycles. The van der Waals surface area contributed by atoms with Crippen molar-refractivity contribution < 1.29 is 0 Å². The molecule has 2 rings (SSSR count). The van der Waals surface area contributed by atoms with E-state index in [1.165, 1.54) is 0 Å². The first-order valence-corrected chi connectivity index (χ1v) is 5.35. The van der Waals surface area contributed by atoms with Crippen LogP contribution in [0.1, 0.15) is 11.3 Å². The zero-order valence-electron chi connectivity index (χ0n) is 9.18. The molecule has 0 aliphatic heterocycles. The second kappa shape index (κ2) is 4.85. The highest BCUT2D eigenvalue weighted by molar-refractivity contribution is 6.33. The van der Waals surface area contributed by atoms with Crippen LogP contribution in [0.2, 0.25) is 5.02 Å². The molecule has 5 nitrogen and oxygen atoms in total. The topological polar surface area (TPSA) is 66.5 Å². The molecule has 2 aromatic rings. The quantitative estimate of drug-likeness (QED) is 0.900. The number of aryl methyl sites for hydroxylation is 1. The van der Waals surface area contributed by atoms with Crippen molar-refractivity contribution in [3.63, 3.8) is 0 Å². The Morgan fingerprint density at radius 3 is 2.94 bits per heavy atom. The van der Waals surface area contributed by atoms with Gasteiger partial charge in [0.25, 0.3) is 0 Å². The summed E-state index contributed by atoms with van der Waals surface area (Å²) in [6.45, 7) is 0.541. The predicted octanol–water partition coefficient (Wildman–Crippen LogP) is 1.95. The van der Waals surface area contributed by atoms with Gasteiger partial charge in [0.05, 0.1) is 28.9 Å². The molecule has 0 radical (unpaired) electrons. The van der Waals surface area contributed by atoms with Crippen LogP contribution in [0.3, 0.4) is 0 Å². The molecule has 0 atom stereocenters. The summed E-state index contributed by atoms with van der Waals surface area (Å²) in [4.78, 5) is 0. The Hall–Kier alpha value is -2.06. The first kappa shape index (κ1) is 11.4. The normalized spacial score (nSPS) is 9.94. The van der Waals surface area contributed by atoms with E-state index in [1.54, 1.807) is 22.9 Å². The number of benzene rings is 1. The third-order valence-corrected chi connectivity index (χ3v) is 2.52. The molecule has 6 heteroatoms. The van der Waals surface area contributed by atoms with Gasteiger partial charge in [0.1, 0.15) is 5.69 Å². The fourth-order valence-corrected chi connectivity index (χ4v) is 1.64. The van der Waals surface area contributed by atoms with Crippen LogP contribution in [0.5, 0.6) is 0 Å². The van der Waals surface area contributed by atoms with Gasteiger partial charge in [-0.3, -0.25) is 4.68 Å². The summed E-state index contributed by atoms with van der Waals surface area (Å²) in [5, 5.41) is 20.2. The lowest BCUT2D eigenvalue weighted by atomic mass is 10.2. The van der Waals surface area contributed by atoms with E-state index in [1.807, 2.05) is 19.3 Å². The Bertz CT molecular complexity index is 569. The van der Waals surface area contributed by atoms with Crippen LogP contribution in [0.15, 0.2) is 24.4 Å². The molecular formula is C11H10ClN5. The number of nitrogens with one attached hydrogen (secondary N) is 1. The number of nitriles is 1. The van der Waals surface area contributed by atoms with Crippen LogP contribution in [-0.2, 0) is 13.6 Å². The van der Waals surface area contributed by atoms with Gasteiger partial charge in [-0.15, -0.1) is 5.10 Å². The molecule has 0 fully saturated rings. The summed E-state index contributed by atoms with van der Waals surface area (Å²) in [6.07, 6.45) is 1.82. The molecule has 0 spiro atoms. The van der Waals surface area contributed by atoms with Gasteiger partial charge in [-0.1, -0.05) is 16.8 Å². The number of hydrogen-bond donors (Lipinski definition) is 1. The van der Waals surface area contributed by atoms with Gasteiger partial charge >= 0.3 is 0 Å². The lowest BCUT2D eigenvalue weighted by molar-refractivity contribution is 0.713. The summed E-state index contributed by atoms with van der Waals surface area (Å²) in [5.41, 5.74) is 2.14. The third-order valence-electron chi connectivity index (χ3n) is 2.21. The molecule has 0 saturated carbocycles. The van der Waals surface area contributed by atoms with E-state index < -0.39 is 0 Å². The monoisotopic (exact) mass is 247 g/mol. The van der Waals surface area contributed by atoms with Gasteiger partial charge in [0, 0.05) is 13.2 Å². The smallest absolute Gasteiger partial charge is 0.102 e. The van der Waals surface area contributed by atoms with E-state index in [4.69, 9.17) is 16.9 Å².